The molecule has 2 heterocycles. The number of anilines is 1. The minimum Gasteiger partial charge on any atom is -0.497 e. The fourth-order valence-corrected chi connectivity index (χ4v) is 5.87. The first-order chi connectivity index (χ1) is 17.4. The molecule has 0 bridgehead atoms. The van der Waals surface area contributed by atoms with Crippen molar-refractivity contribution in [3.05, 3.63) is 94.5 Å². The van der Waals surface area contributed by atoms with Crippen LogP contribution in [-0.2, 0) is 14.4 Å². The molecule has 0 unspecified atom stereocenters. The highest BCUT2D eigenvalue weighted by Gasteiger charge is 2.60. The number of allylic oxidation sites excluding steroid dienone is 1. The number of rotatable bonds is 3. The van der Waals surface area contributed by atoms with E-state index in [2.05, 4.69) is 0 Å². The molecule has 180 valence electrons. The predicted molar refractivity (Wildman–Crippen MR) is 135 cm³/mol. The molecule has 0 aromatic heterocycles. The van der Waals surface area contributed by atoms with E-state index in [0.717, 1.165) is 22.3 Å². The number of hydrogen-bond acceptors (Lipinski definition) is 5. The molecule has 2 amide bonds. The largest absolute Gasteiger partial charge is 0.497 e. The minimum atomic E-state index is -0.898. The number of halogens is 1. The molecule has 1 fully saturated rings. The number of carbonyl (C=O) groups excluding carboxylic acids is 3. The van der Waals surface area contributed by atoms with Gasteiger partial charge >= 0.3 is 5.97 Å². The van der Waals surface area contributed by atoms with Crippen LogP contribution in [0.25, 0.3) is 5.57 Å². The van der Waals surface area contributed by atoms with Crippen molar-refractivity contribution in [2.24, 2.45) is 17.8 Å². The van der Waals surface area contributed by atoms with E-state index in [4.69, 9.17) is 21.1 Å². The van der Waals surface area contributed by atoms with E-state index in [-0.39, 0.29) is 5.91 Å². The summed E-state index contributed by atoms with van der Waals surface area (Å²) in [6.07, 6.45) is 1.97. The second-order valence-corrected chi connectivity index (χ2v) is 9.80. The van der Waals surface area contributed by atoms with Crippen LogP contribution in [0.15, 0.2) is 72.8 Å². The fraction of sp³-hybridized carbons (Fsp3) is 0.207. The Morgan fingerprint density at radius 3 is 2.39 bits per heavy atom. The number of methoxy groups -OCH3 is 1. The summed E-state index contributed by atoms with van der Waals surface area (Å²) in [6.45, 7) is 1.92. The van der Waals surface area contributed by atoms with Gasteiger partial charge in [-0.15, -0.1) is 0 Å². The van der Waals surface area contributed by atoms with E-state index in [1.54, 1.807) is 31.4 Å². The first-order valence-corrected chi connectivity index (χ1v) is 12.1. The lowest BCUT2D eigenvalue weighted by Crippen LogP contribution is -2.42. The maximum Gasteiger partial charge on any atom is 0.319 e. The van der Waals surface area contributed by atoms with Gasteiger partial charge < -0.3 is 9.47 Å². The molecule has 0 saturated carbocycles. The van der Waals surface area contributed by atoms with Gasteiger partial charge in [0, 0.05) is 16.5 Å². The second kappa shape index (κ2) is 8.35. The third-order valence-corrected chi connectivity index (χ3v) is 7.55. The molecule has 3 aromatic rings. The van der Waals surface area contributed by atoms with Crippen LogP contribution in [0.2, 0.25) is 5.02 Å². The monoisotopic (exact) mass is 499 g/mol. The molecule has 6 rings (SSSR count). The van der Waals surface area contributed by atoms with Crippen molar-refractivity contribution < 1.29 is 23.9 Å². The summed E-state index contributed by atoms with van der Waals surface area (Å²) in [5.41, 5.74) is 3.70. The molecule has 36 heavy (non-hydrogen) atoms. The van der Waals surface area contributed by atoms with Crippen molar-refractivity contribution in [3.63, 3.8) is 0 Å². The normalized spacial score (nSPS) is 24.5. The third-order valence-electron chi connectivity index (χ3n) is 7.32. The molecule has 2 aliphatic heterocycles. The molecule has 4 atom stereocenters. The maximum atomic E-state index is 13.9. The number of fused-ring (bicyclic) bond motifs is 5. The zero-order valence-electron chi connectivity index (χ0n) is 19.6. The fourth-order valence-electron chi connectivity index (χ4n) is 5.69. The van der Waals surface area contributed by atoms with Gasteiger partial charge in [-0.3, -0.25) is 14.4 Å². The summed E-state index contributed by atoms with van der Waals surface area (Å²) >= 11 is 6.18. The van der Waals surface area contributed by atoms with E-state index < -0.39 is 35.5 Å². The van der Waals surface area contributed by atoms with Crippen molar-refractivity contribution >= 4 is 40.6 Å². The smallest absolute Gasteiger partial charge is 0.319 e. The number of imide groups is 1. The van der Waals surface area contributed by atoms with Gasteiger partial charge in [0.15, 0.2) is 0 Å². The van der Waals surface area contributed by atoms with Crippen LogP contribution >= 0.6 is 11.6 Å². The van der Waals surface area contributed by atoms with Gasteiger partial charge in [-0.2, -0.15) is 0 Å². The Morgan fingerprint density at radius 1 is 0.917 bits per heavy atom. The number of carbonyl (C=O) groups is 3. The van der Waals surface area contributed by atoms with Crippen molar-refractivity contribution in [1.29, 1.82) is 0 Å². The number of ether oxygens (including phenoxy) is 2. The average Bonchev–Trinajstić information content (AvgIpc) is 3.13. The zero-order valence-corrected chi connectivity index (χ0v) is 20.4. The van der Waals surface area contributed by atoms with Crippen LogP contribution < -0.4 is 14.4 Å². The van der Waals surface area contributed by atoms with Crippen LogP contribution in [0.4, 0.5) is 5.69 Å². The Balaban J connectivity index is 1.54. The molecular weight excluding hydrogens is 478 g/mol. The first-order valence-electron chi connectivity index (χ1n) is 11.7. The van der Waals surface area contributed by atoms with Crippen molar-refractivity contribution in [3.8, 4) is 11.5 Å². The quantitative estimate of drug-likeness (QED) is 0.282. The lowest BCUT2D eigenvalue weighted by Gasteiger charge is -2.38. The van der Waals surface area contributed by atoms with Gasteiger partial charge in [0.2, 0.25) is 11.8 Å². The molecule has 3 aromatic carbocycles. The Hall–Kier alpha value is -3.90. The van der Waals surface area contributed by atoms with Crippen LogP contribution in [0.3, 0.4) is 0 Å². The SMILES string of the molecule is COc1ccc([C@@H]2C=C3c4ccc(C)cc4OC(=O)[C@@H]3[C@@H]3C(=O)N(c4cccc(Cl)c4)C(=O)[C@@H]32)cc1. The lowest BCUT2D eigenvalue weighted by molar-refractivity contribution is -0.142. The second-order valence-electron chi connectivity index (χ2n) is 9.36. The first kappa shape index (κ1) is 22.6. The highest BCUT2D eigenvalue weighted by atomic mass is 35.5. The number of benzene rings is 3. The zero-order chi connectivity index (χ0) is 25.1. The van der Waals surface area contributed by atoms with E-state index in [1.165, 1.54) is 4.90 Å². The van der Waals surface area contributed by atoms with E-state index >= 15 is 0 Å². The Labute approximate surface area is 213 Å². The Bertz CT molecular complexity index is 1460. The highest BCUT2D eigenvalue weighted by molar-refractivity contribution is 6.31. The van der Waals surface area contributed by atoms with Gasteiger partial charge in [-0.05, 0) is 60.0 Å². The Kier molecular flexibility index (Phi) is 5.23. The van der Waals surface area contributed by atoms with E-state index in [0.29, 0.717) is 22.2 Å². The molecule has 0 spiro atoms. The van der Waals surface area contributed by atoms with Gasteiger partial charge in [0.1, 0.15) is 11.5 Å². The maximum absolute atomic E-state index is 13.9. The number of hydrogen-bond donors (Lipinski definition) is 0. The standard InChI is InChI=1S/C29H22ClNO5/c1-15-6-11-20-22-14-21(16-7-9-19(35-2)10-8-16)24-26(25(22)29(34)36-23(20)12-15)28(33)31(27(24)32)18-5-3-4-17(30)13-18/h3-14,21,24-26H,1-2H3/t21-,24+,25-,26+/m0/s1. The number of amides is 2. The minimum absolute atomic E-state index is 0.356. The molecule has 0 N–H and O–H groups in total. The van der Waals surface area contributed by atoms with Gasteiger partial charge in [-0.25, -0.2) is 4.90 Å². The van der Waals surface area contributed by atoms with Crippen LogP contribution in [-0.4, -0.2) is 24.9 Å². The van der Waals surface area contributed by atoms with Gasteiger partial charge in [-0.1, -0.05) is 48.0 Å². The van der Waals surface area contributed by atoms with Crippen LogP contribution in [0, 0.1) is 24.7 Å². The molecule has 6 nitrogen and oxygen atoms in total. The number of nitrogens with zero attached hydrogens (tertiary/aromatic N) is 1. The number of esters is 1. The summed E-state index contributed by atoms with van der Waals surface area (Å²) < 4.78 is 11.0. The van der Waals surface area contributed by atoms with E-state index in [1.807, 2.05) is 55.5 Å². The van der Waals surface area contributed by atoms with Gasteiger partial charge in [0.05, 0.1) is 30.6 Å². The van der Waals surface area contributed by atoms with Crippen LogP contribution in [0.1, 0.15) is 22.6 Å². The lowest BCUT2D eigenvalue weighted by atomic mass is 9.64. The average molecular weight is 500 g/mol. The van der Waals surface area contributed by atoms with Crippen molar-refractivity contribution in [2.75, 3.05) is 12.0 Å². The van der Waals surface area contributed by atoms with Gasteiger partial charge in [0.25, 0.3) is 0 Å². The summed E-state index contributed by atoms with van der Waals surface area (Å²) in [7, 11) is 1.59. The predicted octanol–water partition coefficient (Wildman–Crippen LogP) is 5.18. The summed E-state index contributed by atoms with van der Waals surface area (Å²) in [4.78, 5) is 42.3. The summed E-state index contributed by atoms with van der Waals surface area (Å²) in [6, 6.07) is 19.8. The summed E-state index contributed by atoms with van der Waals surface area (Å²) in [5.74, 6) is -3.10. The molecule has 0 radical (unpaired) electrons. The molecule has 1 aliphatic carbocycles. The van der Waals surface area contributed by atoms with Crippen molar-refractivity contribution in [1.82, 2.24) is 0 Å². The molecular formula is C29H22ClNO5. The van der Waals surface area contributed by atoms with Crippen LogP contribution in [0.5, 0.6) is 11.5 Å². The number of aryl methyl sites for hydroxylation is 1. The topological polar surface area (TPSA) is 72.9 Å². The van der Waals surface area contributed by atoms with Crippen molar-refractivity contribution in [2.45, 2.75) is 12.8 Å². The Morgan fingerprint density at radius 2 is 1.67 bits per heavy atom. The van der Waals surface area contributed by atoms with E-state index in [9.17, 15) is 14.4 Å². The molecule has 3 aliphatic rings. The molecule has 1 saturated heterocycles. The summed E-state index contributed by atoms with van der Waals surface area (Å²) in [5, 5.41) is 0.412. The molecule has 7 heteroatoms. The highest BCUT2D eigenvalue weighted by Crippen LogP contribution is 2.54. The third kappa shape index (κ3) is 3.36.